The molecule has 6 heteroatoms. The molecular formula is C11H12Cl2N4. The van der Waals surface area contributed by atoms with Crippen LogP contribution in [-0.4, -0.2) is 19.7 Å². The van der Waals surface area contributed by atoms with Gasteiger partial charge >= 0.3 is 0 Å². The predicted molar refractivity (Wildman–Crippen MR) is 68.4 cm³/mol. The van der Waals surface area contributed by atoms with Gasteiger partial charge in [-0.15, -0.1) is 0 Å². The first-order valence-electron chi connectivity index (χ1n) is 5.25. The summed E-state index contributed by atoms with van der Waals surface area (Å²) in [5.41, 5.74) is 2.60. The summed E-state index contributed by atoms with van der Waals surface area (Å²) in [6.45, 7) is 3.91. The van der Waals surface area contributed by atoms with Crippen molar-refractivity contribution in [1.82, 2.24) is 19.7 Å². The van der Waals surface area contributed by atoms with Crippen LogP contribution >= 0.6 is 23.2 Å². The zero-order chi connectivity index (χ0) is 12.6. The van der Waals surface area contributed by atoms with E-state index >= 15 is 0 Å². The standard InChI is InChI=1S/C11H12Cl2N4/c1-4-7-9(12)15-11(16-10(7)13)8-5-14-17(3)6(8)2/h5H,4H2,1-3H3. The molecule has 0 aliphatic carbocycles. The fraction of sp³-hybridized carbons (Fsp3) is 0.364. The zero-order valence-corrected chi connectivity index (χ0v) is 11.3. The Morgan fingerprint density at radius 1 is 1.24 bits per heavy atom. The van der Waals surface area contributed by atoms with Crippen molar-refractivity contribution in [2.75, 3.05) is 0 Å². The molecule has 0 atom stereocenters. The largest absolute Gasteiger partial charge is 0.272 e. The van der Waals surface area contributed by atoms with Crippen LogP contribution in [0.5, 0.6) is 0 Å². The Balaban J connectivity index is 2.58. The zero-order valence-electron chi connectivity index (χ0n) is 9.83. The van der Waals surface area contributed by atoms with Gasteiger partial charge in [0.15, 0.2) is 5.82 Å². The van der Waals surface area contributed by atoms with Crippen molar-refractivity contribution in [1.29, 1.82) is 0 Å². The van der Waals surface area contributed by atoms with Crippen LogP contribution in [0.15, 0.2) is 6.20 Å². The van der Waals surface area contributed by atoms with Crippen LogP contribution in [0.25, 0.3) is 11.4 Å². The molecule has 0 spiro atoms. The predicted octanol–water partition coefficient (Wildman–Crippen LogP) is 3.05. The van der Waals surface area contributed by atoms with E-state index in [1.165, 1.54) is 0 Å². The monoisotopic (exact) mass is 270 g/mol. The summed E-state index contributed by atoms with van der Waals surface area (Å²) >= 11 is 12.2. The molecule has 17 heavy (non-hydrogen) atoms. The number of hydrogen-bond acceptors (Lipinski definition) is 3. The van der Waals surface area contributed by atoms with Gasteiger partial charge in [0, 0.05) is 18.3 Å². The highest BCUT2D eigenvalue weighted by Crippen LogP contribution is 2.27. The molecule has 0 N–H and O–H groups in total. The molecule has 2 aromatic heterocycles. The van der Waals surface area contributed by atoms with Gasteiger partial charge in [0.25, 0.3) is 0 Å². The van der Waals surface area contributed by atoms with Crippen LogP contribution in [0.1, 0.15) is 18.2 Å². The Hall–Kier alpha value is -1.13. The molecule has 0 saturated carbocycles. The summed E-state index contributed by atoms with van der Waals surface area (Å²) in [5, 5.41) is 4.96. The number of nitrogens with zero attached hydrogens (tertiary/aromatic N) is 4. The summed E-state index contributed by atoms with van der Waals surface area (Å²) < 4.78 is 1.76. The van der Waals surface area contributed by atoms with Gasteiger partial charge in [0.2, 0.25) is 0 Å². The molecule has 4 nitrogen and oxygen atoms in total. The molecule has 0 saturated heterocycles. The van der Waals surface area contributed by atoms with Crippen LogP contribution in [0.4, 0.5) is 0 Å². The van der Waals surface area contributed by atoms with Gasteiger partial charge in [-0.25, -0.2) is 9.97 Å². The van der Waals surface area contributed by atoms with Gasteiger partial charge in [0.1, 0.15) is 10.3 Å². The Morgan fingerprint density at radius 2 is 1.82 bits per heavy atom. The number of rotatable bonds is 2. The second-order valence-corrected chi connectivity index (χ2v) is 4.44. The van der Waals surface area contributed by atoms with E-state index in [0.29, 0.717) is 22.6 Å². The molecule has 0 fully saturated rings. The summed E-state index contributed by atoms with van der Waals surface area (Å²) in [5.74, 6) is 0.516. The lowest BCUT2D eigenvalue weighted by Crippen LogP contribution is -1.98. The maximum atomic E-state index is 6.08. The minimum absolute atomic E-state index is 0.408. The van der Waals surface area contributed by atoms with E-state index in [1.54, 1.807) is 10.9 Å². The van der Waals surface area contributed by atoms with Gasteiger partial charge in [-0.3, -0.25) is 4.68 Å². The van der Waals surface area contributed by atoms with Crippen molar-refractivity contribution in [3.63, 3.8) is 0 Å². The molecular weight excluding hydrogens is 259 g/mol. The van der Waals surface area contributed by atoms with E-state index < -0.39 is 0 Å². The third kappa shape index (κ3) is 2.15. The van der Waals surface area contributed by atoms with Gasteiger partial charge in [-0.1, -0.05) is 30.1 Å². The Morgan fingerprint density at radius 3 is 2.24 bits per heavy atom. The van der Waals surface area contributed by atoms with Crippen molar-refractivity contribution >= 4 is 23.2 Å². The minimum Gasteiger partial charge on any atom is -0.272 e. The number of halogens is 2. The van der Waals surface area contributed by atoms with Crippen molar-refractivity contribution in [2.45, 2.75) is 20.3 Å². The molecule has 90 valence electrons. The van der Waals surface area contributed by atoms with E-state index in [2.05, 4.69) is 15.1 Å². The second kappa shape index (κ2) is 4.63. The van der Waals surface area contributed by atoms with E-state index in [-0.39, 0.29) is 0 Å². The minimum atomic E-state index is 0.408. The molecule has 0 amide bonds. The number of aromatic nitrogens is 4. The Bertz CT molecular complexity index is 540. The SMILES string of the molecule is CCc1c(Cl)nc(-c2cnn(C)c2C)nc1Cl. The molecule has 0 aliphatic rings. The molecule has 2 rings (SSSR count). The maximum absolute atomic E-state index is 6.08. The Labute approximate surface area is 110 Å². The van der Waals surface area contributed by atoms with E-state index in [9.17, 15) is 0 Å². The lowest BCUT2D eigenvalue weighted by atomic mass is 10.2. The van der Waals surface area contributed by atoms with Crippen LogP contribution in [0.3, 0.4) is 0 Å². The highest BCUT2D eigenvalue weighted by molar-refractivity contribution is 6.34. The van der Waals surface area contributed by atoms with Gasteiger partial charge in [-0.05, 0) is 13.3 Å². The van der Waals surface area contributed by atoms with Crippen LogP contribution in [-0.2, 0) is 13.5 Å². The van der Waals surface area contributed by atoms with Crippen molar-refractivity contribution in [3.05, 3.63) is 27.8 Å². The molecule has 0 unspecified atom stereocenters. The first-order chi connectivity index (χ1) is 8.04. The summed E-state index contributed by atoms with van der Waals surface area (Å²) in [6.07, 6.45) is 2.42. The first kappa shape index (κ1) is 12.3. The van der Waals surface area contributed by atoms with E-state index in [4.69, 9.17) is 23.2 Å². The summed E-state index contributed by atoms with van der Waals surface area (Å²) in [6, 6.07) is 0. The lowest BCUT2D eigenvalue weighted by Gasteiger charge is -2.06. The van der Waals surface area contributed by atoms with E-state index in [0.717, 1.165) is 16.8 Å². The van der Waals surface area contributed by atoms with E-state index in [1.807, 2.05) is 20.9 Å². The highest BCUT2D eigenvalue weighted by Gasteiger charge is 2.14. The summed E-state index contributed by atoms with van der Waals surface area (Å²) in [7, 11) is 1.86. The molecule has 2 aromatic rings. The quantitative estimate of drug-likeness (QED) is 0.788. The lowest BCUT2D eigenvalue weighted by molar-refractivity contribution is 0.740. The van der Waals surface area contributed by atoms with Crippen molar-refractivity contribution in [3.8, 4) is 11.4 Å². The van der Waals surface area contributed by atoms with Crippen LogP contribution in [0, 0.1) is 6.92 Å². The summed E-state index contributed by atoms with van der Waals surface area (Å²) in [4.78, 5) is 8.53. The molecule has 0 radical (unpaired) electrons. The third-order valence-electron chi connectivity index (χ3n) is 2.74. The fourth-order valence-corrected chi connectivity index (χ4v) is 2.22. The second-order valence-electron chi connectivity index (χ2n) is 3.73. The van der Waals surface area contributed by atoms with Gasteiger partial charge in [0.05, 0.1) is 11.8 Å². The van der Waals surface area contributed by atoms with Crippen LogP contribution in [0.2, 0.25) is 10.3 Å². The van der Waals surface area contributed by atoms with Crippen molar-refractivity contribution < 1.29 is 0 Å². The van der Waals surface area contributed by atoms with Crippen molar-refractivity contribution in [2.24, 2.45) is 7.05 Å². The van der Waals surface area contributed by atoms with Gasteiger partial charge in [-0.2, -0.15) is 5.10 Å². The number of hydrogen-bond donors (Lipinski definition) is 0. The maximum Gasteiger partial charge on any atom is 0.165 e. The first-order valence-corrected chi connectivity index (χ1v) is 6.01. The van der Waals surface area contributed by atoms with Crippen LogP contribution < -0.4 is 0 Å². The normalized spacial score (nSPS) is 10.9. The number of aryl methyl sites for hydroxylation is 1. The smallest absolute Gasteiger partial charge is 0.165 e. The Kier molecular flexibility index (Phi) is 3.35. The fourth-order valence-electron chi connectivity index (χ4n) is 1.56. The average Bonchev–Trinajstić information content (AvgIpc) is 2.59. The third-order valence-corrected chi connectivity index (χ3v) is 3.36. The highest BCUT2D eigenvalue weighted by atomic mass is 35.5. The molecule has 2 heterocycles. The average molecular weight is 271 g/mol. The molecule has 0 aliphatic heterocycles. The topological polar surface area (TPSA) is 43.6 Å². The molecule has 0 aromatic carbocycles. The van der Waals surface area contributed by atoms with Gasteiger partial charge < -0.3 is 0 Å². The molecule has 0 bridgehead atoms.